The van der Waals surface area contributed by atoms with Crippen molar-refractivity contribution in [2.75, 3.05) is 0 Å². The van der Waals surface area contributed by atoms with Crippen molar-refractivity contribution in [3.05, 3.63) is 188 Å². The molecule has 0 aliphatic carbocycles. The Bertz CT molecular complexity index is 3180. The van der Waals surface area contributed by atoms with Gasteiger partial charge in [0.05, 0.1) is 0 Å². The molecule has 0 amide bonds. The summed E-state index contributed by atoms with van der Waals surface area (Å²) in [6.07, 6.45) is 0. The number of rotatable bonds is 6. The summed E-state index contributed by atoms with van der Waals surface area (Å²) in [5, 5.41) is 4.30. The van der Waals surface area contributed by atoms with Crippen molar-refractivity contribution in [2.24, 2.45) is 0 Å². The molecule has 0 unspecified atom stereocenters. The van der Waals surface area contributed by atoms with Gasteiger partial charge in [-0.15, -0.1) is 0 Å². The van der Waals surface area contributed by atoms with Gasteiger partial charge in [0.2, 0.25) is 0 Å². The molecule has 262 valence electrons. The van der Waals surface area contributed by atoms with Gasteiger partial charge in [-0.05, 0) is 58.1 Å². The molecule has 0 saturated carbocycles. The van der Waals surface area contributed by atoms with E-state index in [4.69, 9.17) is 23.8 Å². The Labute approximate surface area is 322 Å². The zero-order valence-corrected chi connectivity index (χ0v) is 30.1. The second-order valence-electron chi connectivity index (χ2n) is 13.9. The minimum absolute atomic E-state index is 0.586. The lowest BCUT2D eigenvalue weighted by atomic mass is 9.92. The summed E-state index contributed by atoms with van der Waals surface area (Å²) in [6, 6.07) is 64.5. The Morgan fingerprint density at radius 3 is 1.52 bits per heavy atom. The number of aromatic nitrogens is 3. The minimum Gasteiger partial charge on any atom is -0.456 e. The zero-order valence-electron chi connectivity index (χ0n) is 30.1. The number of furan rings is 2. The van der Waals surface area contributed by atoms with Crippen LogP contribution >= 0.6 is 0 Å². The van der Waals surface area contributed by atoms with E-state index >= 15 is 0 Å². The van der Waals surface area contributed by atoms with E-state index in [1.54, 1.807) is 0 Å². The summed E-state index contributed by atoms with van der Waals surface area (Å²) >= 11 is 0. The molecule has 0 aliphatic rings. The minimum atomic E-state index is 0.586. The van der Waals surface area contributed by atoms with Gasteiger partial charge in [-0.2, -0.15) is 0 Å². The molecule has 3 aromatic heterocycles. The highest BCUT2D eigenvalue weighted by Crippen LogP contribution is 2.43. The fraction of sp³-hybridized carbons (Fsp3) is 0. The molecule has 8 aromatic carbocycles. The van der Waals surface area contributed by atoms with E-state index in [9.17, 15) is 0 Å². The van der Waals surface area contributed by atoms with Crippen molar-refractivity contribution < 1.29 is 8.83 Å². The Morgan fingerprint density at radius 2 is 0.804 bits per heavy atom. The molecule has 0 fully saturated rings. The van der Waals surface area contributed by atoms with Gasteiger partial charge >= 0.3 is 0 Å². The first-order valence-electron chi connectivity index (χ1n) is 18.7. The van der Waals surface area contributed by atoms with Gasteiger partial charge in [-0.1, -0.05) is 158 Å². The Balaban J connectivity index is 1.02. The molecule has 11 rings (SSSR count). The lowest BCUT2D eigenvalue weighted by molar-refractivity contribution is 0.669. The maximum absolute atomic E-state index is 6.80. The van der Waals surface area contributed by atoms with Crippen LogP contribution in [0.2, 0.25) is 0 Å². The lowest BCUT2D eigenvalue weighted by Crippen LogP contribution is -2.00. The third-order valence-electron chi connectivity index (χ3n) is 10.6. The molecule has 11 aromatic rings. The summed E-state index contributed by atoms with van der Waals surface area (Å²) in [4.78, 5) is 14.8. The van der Waals surface area contributed by atoms with Crippen LogP contribution < -0.4 is 0 Å². The number of hydrogen-bond donors (Lipinski definition) is 0. The largest absolute Gasteiger partial charge is 0.456 e. The predicted molar refractivity (Wildman–Crippen MR) is 227 cm³/mol. The van der Waals surface area contributed by atoms with Crippen molar-refractivity contribution in [2.45, 2.75) is 0 Å². The molecular weight excluding hydrogens is 687 g/mol. The monoisotopic (exact) mass is 717 g/mol. The Morgan fingerprint density at radius 1 is 0.286 bits per heavy atom. The number of benzene rings is 8. The summed E-state index contributed by atoms with van der Waals surface area (Å²) in [5.41, 5.74) is 12.6. The fourth-order valence-corrected chi connectivity index (χ4v) is 7.91. The number of hydrogen-bond acceptors (Lipinski definition) is 5. The molecule has 0 spiro atoms. The van der Waals surface area contributed by atoms with Gasteiger partial charge < -0.3 is 8.83 Å². The van der Waals surface area contributed by atoms with Gasteiger partial charge in [0, 0.05) is 43.8 Å². The average Bonchev–Trinajstić information content (AvgIpc) is 3.85. The van der Waals surface area contributed by atoms with E-state index in [2.05, 4.69) is 109 Å². The van der Waals surface area contributed by atoms with Gasteiger partial charge in [0.25, 0.3) is 0 Å². The van der Waals surface area contributed by atoms with E-state index in [0.29, 0.717) is 17.5 Å². The highest BCUT2D eigenvalue weighted by molar-refractivity contribution is 6.14. The van der Waals surface area contributed by atoms with E-state index in [1.165, 1.54) is 11.1 Å². The maximum atomic E-state index is 6.80. The van der Waals surface area contributed by atoms with Crippen molar-refractivity contribution in [1.29, 1.82) is 0 Å². The SMILES string of the molecule is c1ccc(-c2nc(-c3ccccc3)nc(-c3ccc4c(c3)oc3c(-c5ccccc5-c5ccc6c(c5)oc5cccc(-c7ccccc7)c56)cccc34)n2)cc1. The van der Waals surface area contributed by atoms with Gasteiger partial charge in [-0.3, -0.25) is 0 Å². The van der Waals surface area contributed by atoms with Crippen LogP contribution in [0.15, 0.2) is 197 Å². The molecule has 0 N–H and O–H groups in total. The topological polar surface area (TPSA) is 65.0 Å². The van der Waals surface area contributed by atoms with Crippen LogP contribution in [-0.4, -0.2) is 15.0 Å². The predicted octanol–water partition coefficient (Wildman–Crippen LogP) is 13.7. The highest BCUT2D eigenvalue weighted by atomic mass is 16.3. The summed E-state index contributed by atoms with van der Waals surface area (Å²) in [7, 11) is 0. The first kappa shape index (κ1) is 31.9. The molecule has 3 heterocycles. The lowest BCUT2D eigenvalue weighted by Gasteiger charge is -2.11. The standard InChI is InChI=1S/C51H31N3O2/c1-4-14-32(15-5-1)38-22-13-25-44-47(38)43-29-26-35(30-46(43)55-44)37-20-10-11-21-39(37)41-23-12-24-42-40-28-27-36(31-45(40)56-48(41)42)51-53-49(33-16-6-2-7-17-33)52-50(54-51)34-18-8-3-9-19-34/h1-31H. The number of fused-ring (bicyclic) bond motifs is 6. The molecule has 5 heteroatoms. The quantitative estimate of drug-likeness (QED) is 0.171. The molecule has 0 saturated heterocycles. The zero-order chi connectivity index (χ0) is 37.0. The Hall–Kier alpha value is -7.63. The van der Waals surface area contributed by atoms with Crippen LogP contribution in [0.4, 0.5) is 0 Å². The molecule has 0 atom stereocenters. The molecular formula is C51H31N3O2. The van der Waals surface area contributed by atoms with Crippen LogP contribution in [0.25, 0.3) is 111 Å². The van der Waals surface area contributed by atoms with Crippen LogP contribution in [0.3, 0.4) is 0 Å². The second kappa shape index (κ2) is 13.0. The fourth-order valence-electron chi connectivity index (χ4n) is 7.91. The third-order valence-corrected chi connectivity index (χ3v) is 10.6. The average molecular weight is 718 g/mol. The van der Waals surface area contributed by atoms with Crippen LogP contribution in [0.5, 0.6) is 0 Å². The number of nitrogens with zero attached hydrogens (tertiary/aromatic N) is 3. The van der Waals surface area contributed by atoms with Crippen molar-refractivity contribution in [3.8, 4) is 67.5 Å². The van der Waals surface area contributed by atoms with E-state index in [0.717, 1.165) is 82.8 Å². The smallest absolute Gasteiger partial charge is 0.164 e. The van der Waals surface area contributed by atoms with Gasteiger partial charge in [0.15, 0.2) is 17.5 Å². The summed E-state index contributed by atoms with van der Waals surface area (Å²) < 4.78 is 13.3. The first-order valence-corrected chi connectivity index (χ1v) is 18.7. The van der Waals surface area contributed by atoms with Crippen molar-refractivity contribution in [3.63, 3.8) is 0 Å². The van der Waals surface area contributed by atoms with Gasteiger partial charge in [0.1, 0.15) is 22.3 Å². The third kappa shape index (κ3) is 5.37. The van der Waals surface area contributed by atoms with Crippen LogP contribution in [0.1, 0.15) is 0 Å². The van der Waals surface area contributed by atoms with Crippen LogP contribution in [0, 0.1) is 0 Å². The molecule has 0 aliphatic heterocycles. The normalized spacial score (nSPS) is 11.6. The molecule has 0 bridgehead atoms. The molecule has 0 radical (unpaired) electrons. The Kier molecular flexibility index (Phi) is 7.42. The van der Waals surface area contributed by atoms with E-state index in [1.807, 2.05) is 78.9 Å². The van der Waals surface area contributed by atoms with Crippen molar-refractivity contribution in [1.82, 2.24) is 15.0 Å². The van der Waals surface area contributed by atoms with E-state index in [-0.39, 0.29) is 0 Å². The molecule has 5 nitrogen and oxygen atoms in total. The highest BCUT2D eigenvalue weighted by Gasteiger charge is 2.19. The summed E-state index contributed by atoms with van der Waals surface area (Å²) in [5.74, 6) is 1.83. The maximum Gasteiger partial charge on any atom is 0.164 e. The molecule has 56 heavy (non-hydrogen) atoms. The van der Waals surface area contributed by atoms with Crippen molar-refractivity contribution >= 4 is 43.9 Å². The van der Waals surface area contributed by atoms with Crippen LogP contribution in [-0.2, 0) is 0 Å². The summed E-state index contributed by atoms with van der Waals surface area (Å²) in [6.45, 7) is 0. The number of para-hydroxylation sites is 1. The van der Waals surface area contributed by atoms with E-state index < -0.39 is 0 Å². The van der Waals surface area contributed by atoms with Gasteiger partial charge in [-0.25, -0.2) is 15.0 Å². The first-order chi connectivity index (χ1) is 27.7. The second-order valence-corrected chi connectivity index (χ2v) is 13.9.